The normalized spacial score (nSPS) is 11.1. The second-order valence-electron chi connectivity index (χ2n) is 4.38. The van der Waals surface area contributed by atoms with Gasteiger partial charge in [0.05, 0.1) is 12.8 Å². The summed E-state index contributed by atoms with van der Waals surface area (Å²) in [5.74, 6) is 0.887. The van der Waals surface area contributed by atoms with Crippen LogP contribution in [0.1, 0.15) is 31.7 Å². The van der Waals surface area contributed by atoms with Gasteiger partial charge in [-0.3, -0.25) is 5.10 Å². The molecule has 0 saturated carbocycles. The van der Waals surface area contributed by atoms with Crippen LogP contribution in [-0.2, 0) is 0 Å². The second kappa shape index (κ2) is 7.59. The molecule has 0 saturated heterocycles. The standard InChI is InChI=1S/C14H18N4OS/c1-2-3-4-9-19-13-7-5-12(6-8-13)10-16-18-11-15-17-14(18)20/h5-8,10-11H,2-4,9H2,1H3,(H,17,20)/b16-10+. The first-order valence-electron chi connectivity index (χ1n) is 6.69. The van der Waals surface area contributed by atoms with Gasteiger partial charge in [0.15, 0.2) is 0 Å². The molecule has 0 atom stereocenters. The summed E-state index contributed by atoms with van der Waals surface area (Å²) in [5, 5.41) is 10.6. The third-order valence-electron chi connectivity index (χ3n) is 2.76. The number of aromatic amines is 1. The van der Waals surface area contributed by atoms with Gasteiger partial charge >= 0.3 is 0 Å². The Bertz CT molecular complexity index is 600. The van der Waals surface area contributed by atoms with Crippen molar-refractivity contribution in [2.75, 3.05) is 6.61 Å². The van der Waals surface area contributed by atoms with Crippen LogP contribution in [0.3, 0.4) is 0 Å². The molecule has 0 amide bonds. The van der Waals surface area contributed by atoms with Crippen molar-refractivity contribution in [1.29, 1.82) is 0 Å². The minimum Gasteiger partial charge on any atom is -0.494 e. The predicted octanol–water partition coefficient (Wildman–Crippen LogP) is 3.39. The maximum atomic E-state index is 5.65. The third-order valence-corrected chi connectivity index (χ3v) is 3.04. The lowest BCUT2D eigenvalue weighted by Gasteiger charge is -2.05. The van der Waals surface area contributed by atoms with Crippen LogP contribution in [0, 0.1) is 4.77 Å². The van der Waals surface area contributed by atoms with Crippen molar-refractivity contribution < 1.29 is 4.74 Å². The molecule has 1 aromatic heterocycles. The lowest BCUT2D eigenvalue weighted by atomic mass is 10.2. The zero-order chi connectivity index (χ0) is 14.2. The lowest BCUT2D eigenvalue weighted by molar-refractivity contribution is 0.306. The number of H-pyrrole nitrogens is 1. The number of ether oxygens (including phenoxy) is 1. The first-order valence-corrected chi connectivity index (χ1v) is 7.09. The second-order valence-corrected chi connectivity index (χ2v) is 4.76. The average molecular weight is 290 g/mol. The number of nitrogens with zero attached hydrogens (tertiary/aromatic N) is 3. The maximum absolute atomic E-state index is 5.65. The molecule has 1 N–H and O–H groups in total. The van der Waals surface area contributed by atoms with E-state index in [4.69, 9.17) is 17.0 Å². The molecular weight excluding hydrogens is 272 g/mol. The SMILES string of the molecule is CCCCCOc1ccc(/C=N/n2cn[nH]c2=S)cc1. The van der Waals surface area contributed by atoms with Crippen LogP contribution in [-0.4, -0.2) is 27.7 Å². The summed E-state index contributed by atoms with van der Waals surface area (Å²) < 4.78 is 7.63. The molecule has 5 nitrogen and oxygen atoms in total. The number of hydrogen-bond acceptors (Lipinski definition) is 4. The summed E-state index contributed by atoms with van der Waals surface area (Å²) in [6.45, 7) is 2.95. The smallest absolute Gasteiger partial charge is 0.216 e. The third kappa shape index (κ3) is 4.31. The Morgan fingerprint density at radius 2 is 2.15 bits per heavy atom. The lowest BCUT2D eigenvalue weighted by Crippen LogP contribution is -1.97. The van der Waals surface area contributed by atoms with E-state index in [1.54, 1.807) is 6.21 Å². The van der Waals surface area contributed by atoms with Crippen LogP contribution in [0.15, 0.2) is 35.7 Å². The van der Waals surface area contributed by atoms with Crippen molar-refractivity contribution in [3.8, 4) is 5.75 Å². The number of nitrogens with one attached hydrogen (secondary N) is 1. The molecule has 2 rings (SSSR count). The van der Waals surface area contributed by atoms with Crippen LogP contribution in [0.5, 0.6) is 5.75 Å². The summed E-state index contributed by atoms with van der Waals surface area (Å²) in [6, 6.07) is 7.81. The Labute approximate surface area is 123 Å². The van der Waals surface area contributed by atoms with E-state index in [0.29, 0.717) is 4.77 Å². The number of benzene rings is 1. The van der Waals surface area contributed by atoms with Gasteiger partial charge in [-0.25, -0.2) is 0 Å². The van der Waals surface area contributed by atoms with Gasteiger partial charge in [-0.15, -0.1) is 0 Å². The van der Waals surface area contributed by atoms with Crippen molar-refractivity contribution in [3.63, 3.8) is 0 Å². The van der Waals surface area contributed by atoms with Gasteiger partial charge in [-0.1, -0.05) is 19.8 Å². The van der Waals surface area contributed by atoms with E-state index in [9.17, 15) is 0 Å². The Morgan fingerprint density at radius 1 is 1.35 bits per heavy atom. The fraction of sp³-hybridized carbons (Fsp3) is 0.357. The molecule has 106 valence electrons. The summed E-state index contributed by atoms with van der Waals surface area (Å²) >= 11 is 5.00. The molecule has 0 aliphatic rings. The minimum absolute atomic E-state index is 0.470. The molecule has 1 aromatic carbocycles. The molecule has 0 bridgehead atoms. The average Bonchev–Trinajstić information content (AvgIpc) is 2.88. The summed E-state index contributed by atoms with van der Waals surface area (Å²) in [6.07, 6.45) is 6.76. The molecule has 0 aliphatic heterocycles. The number of rotatable bonds is 7. The molecular formula is C14H18N4OS. The summed E-state index contributed by atoms with van der Waals surface area (Å²) in [4.78, 5) is 0. The van der Waals surface area contributed by atoms with Crippen LogP contribution >= 0.6 is 12.2 Å². The van der Waals surface area contributed by atoms with E-state index < -0.39 is 0 Å². The van der Waals surface area contributed by atoms with Gasteiger partial charge < -0.3 is 4.74 Å². The van der Waals surface area contributed by atoms with Gasteiger partial charge in [0.1, 0.15) is 12.1 Å². The highest BCUT2D eigenvalue weighted by Gasteiger charge is 1.95. The van der Waals surface area contributed by atoms with Crippen molar-refractivity contribution in [2.24, 2.45) is 5.10 Å². The van der Waals surface area contributed by atoms with Crippen LogP contribution in [0.25, 0.3) is 0 Å². The molecule has 0 fully saturated rings. The van der Waals surface area contributed by atoms with Gasteiger partial charge in [-0.05, 0) is 48.5 Å². The van der Waals surface area contributed by atoms with E-state index in [2.05, 4.69) is 22.2 Å². The molecule has 1 heterocycles. The Balaban J connectivity index is 1.90. The zero-order valence-electron chi connectivity index (χ0n) is 11.5. The molecule has 0 aliphatic carbocycles. The number of hydrogen-bond donors (Lipinski definition) is 1. The Morgan fingerprint density at radius 3 is 2.80 bits per heavy atom. The first kappa shape index (κ1) is 14.5. The minimum atomic E-state index is 0.470. The van der Waals surface area contributed by atoms with Gasteiger partial charge in [0.25, 0.3) is 0 Å². The van der Waals surface area contributed by atoms with E-state index in [1.165, 1.54) is 23.8 Å². The van der Waals surface area contributed by atoms with Gasteiger partial charge in [0.2, 0.25) is 4.77 Å². The maximum Gasteiger partial charge on any atom is 0.216 e. The molecule has 6 heteroatoms. The van der Waals surface area contributed by atoms with Crippen molar-refractivity contribution in [2.45, 2.75) is 26.2 Å². The Hall–Kier alpha value is -1.95. The largest absolute Gasteiger partial charge is 0.494 e. The van der Waals surface area contributed by atoms with E-state index in [-0.39, 0.29) is 0 Å². The van der Waals surface area contributed by atoms with Crippen LogP contribution in [0.4, 0.5) is 0 Å². The fourth-order valence-corrected chi connectivity index (χ4v) is 1.79. The highest BCUT2D eigenvalue weighted by molar-refractivity contribution is 7.71. The molecule has 20 heavy (non-hydrogen) atoms. The molecule has 0 radical (unpaired) electrons. The zero-order valence-corrected chi connectivity index (χ0v) is 12.3. The van der Waals surface area contributed by atoms with Crippen molar-refractivity contribution in [3.05, 3.63) is 40.9 Å². The topological polar surface area (TPSA) is 55.2 Å². The summed E-state index contributed by atoms with van der Waals surface area (Å²) in [7, 11) is 0. The van der Waals surface area contributed by atoms with Crippen molar-refractivity contribution >= 4 is 18.4 Å². The summed E-state index contributed by atoms with van der Waals surface area (Å²) in [5.41, 5.74) is 0.981. The highest BCUT2D eigenvalue weighted by Crippen LogP contribution is 2.12. The predicted molar refractivity (Wildman–Crippen MR) is 81.9 cm³/mol. The van der Waals surface area contributed by atoms with Crippen LogP contribution < -0.4 is 4.74 Å². The van der Waals surface area contributed by atoms with E-state index in [0.717, 1.165) is 24.3 Å². The highest BCUT2D eigenvalue weighted by atomic mass is 32.1. The molecule has 2 aromatic rings. The van der Waals surface area contributed by atoms with Crippen molar-refractivity contribution in [1.82, 2.24) is 14.9 Å². The fourth-order valence-electron chi connectivity index (χ4n) is 1.65. The van der Waals surface area contributed by atoms with E-state index >= 15 is 0 Å². The number of unbranched alkanes of at least 4 members (excludes halogenated alkanes) is 2. The van der Waals surface area contributed by atoms with Gasteiger partial charge in [0, 0.05) is 0 Å². The molecule has 0 spiro atoms. The quantitative estimate of drug-likeness (QED) is 0.483. The van der Waals surface area contributed by atoms with Gasteiger partial charge in [-0.2, -0.15) is 14.9 Å². The van der Waals surface area contributed by atoms with Crippen LogP contribution in [0.2, 0.25) is 0 Å². The first-order chi connectivity index (χ1) is 9.79. The Kier molecular flexibility index (Phi) is 5.49. The molecule has 0 unspecified atom stereocenters. The monoisotopic (exact) mass is 290 g/mol. The number of aromatic nitrogens is 3. The van der Waals surface area contributed by atoms with E-state index in [1.807, 2.05) is 24.3 Å².